The summed E-state index contributed by atoms with van der Waals surface area (Å²) in [5.41, 5.74) is 6.41. The number of nitrogens with two attached hydrogens (primary N) is 1. The fourth-order valence-corrected chi connectivity index (χ4v) is 1.77. The first-order valence-electron chi connectivity index (χ1n) is 3.75. The molecule has 0 amide bonds. The lowest BCUT2D eigenvalue weighted by molar-refractivity contribution is 1.01. The SMILES string of the molecule is CCSc1ncc(CN)cc1Cl. The molecule has 0 aliphatic rings. The van der Waals surface area contributed by atoms with Gasteiger partial charge in [0.05, 0.1) is 5.02 Å². The van der Waals surface area contributed by atoms with Crippen LogP contribution in [0, 0.1) is 0 Å². The van der Waals surface area contributed by atoms with E-state index in [1.807, 2.05) is 6.07 Å². The molecule has 0 atom stereocenters. The van der Waals surface area contributed by atoms with E-state index in [1.54, 1.807) is 18.0 Å². The summed E-state index contributed by atoms with van der Waals surface area (Å²) in [6.45, 7) is 2.56. The summed E-state index contributed by atoms with van der Waals surface area (Å²) >= 11 is 7.59. The maximum atomic E-state index is 5.95. The minimum Gasteiger partial charge on any atom is -0.326 e. The van der Waals surface area contributed by atoms with Gasteiger partial charge in [-0.15, -0.1) is 11.8 Å². The lowest BCUT2D eigenvalue weighted by Crippen LogP contribution is -1.97. The van der Waals surface area contributed by atoms with Gasteiger partial charge < -0.3 is 5.73 Å². The van der Waals surface area contributed by atoms with Gasteiger partial charge >= 0.3 is 0 Å². The van der Waals surface area contributed by atoms with Crippen LogP contribution in [-0.2, 0) is 6.54 Å². The van der Waals surface area contributed by atoms with E-state index in [0.717, 1.165) is 16.3 Å². The highest BCUT2D eigenvalue weighted by Gasteiger charge is 2.01. The summed E-state index contributed by atoms with van der Waals surface area (Å²) in [5.74, 6) is 0.981. The van der Waals surface area contributed by atoms with Crippen LogP contribution in [0.4, 0.5) is 0 Å². The van der Waals surface area contributed by atoms with E-state index in [9.17, 15) is 0 Å². The van der Waals surface area contributed by atoms with Crippen LogP contribution in [0.15, 0.2) is 17.3 Å². The number of pyridine rings is 1. The van der Waals surface area contributed by atoms with Crippen molar-refractivity contribution in [3.05, 3.63) is 22.8 Å². The predicted octanol–water partition coefficient (Wildman–Crippen LogP) is 2.31. The molecule has 0 bridgehead atoms. The van der Waals surface area contributed by atoms with Gasteiger partial charge in [0.25, 0.3) is 0 Å². The van der Waals surface area contributed by atoms with Crippen molar-refractivity contribution in [1.29, 1.82) is 0 Å². The molecule has 0 fully saturated rings. The molecule has 1 aromatic heterocycles. The van der Waals surface area contributed by atoms with Crippen LogP contribution in [-0.4, -0.2) is 10.7 Å². The van der Waals surface area contributed by atoms with Gasteiger partial charge in [0.1, 0.15) is 5.03 Å². The average Bonchev–Trinajstić information content (AvgIpc) is 2.09. The molecule has 0 aromatic carbocycles. The Hall–Kier alpha value is -0.250. The highest BCUT2D eigenvalue weighted by molar-refractivity contribution is 7.99. The molecule has 1 heterocycles. The second-order valence-electron chi connectivity index (χ2n) is 2.27. The van der Waals surface area contributed by atoms with E-state index in [4.69, 9.17) is 17.3 Å². The third-order valence-corrected chi connectivity index (χ3v) is 2.67. The lowest BCUT2D eigenvalue weighted by Gasteiger charge is -2.02. The Bertz CT molecular complexity index is 265. The van der Waals surface area contributed by atoms with Crippen molar-refractivity contribution in [3.63, 3.8) is 0 Å². The first-order chi connectivity index (χ1) is 5.77. The number of halogens is 1. The van der Waals surface area contributed by atoms with Crippen molar-refractivity contribution in [2.24, 2.45) is 5.73 Å². The zero-order valence-electron chi connectivity index (χ0n) is 6.88. The largest absolute Gasteiger partial charge is 0.326 e. The van der Waals surface area contributed by atoms with E-state index >= 15 is 0 Å². The Morgan fingerprint density at radius 2 is 2.42 bits per heavy atom. The Labute approximate surface area is 81.5 Å². The Kier molecular flexibility index (Phi) is 3.85. The molecule has 0 aliphatic carbocycles. The molecular weight excluding hydrogens is 192 g/mol. The standard InChI is InChI=1S/C8H11ClN2S/c1-2-12-8-7(9)3-6(4-10)5-11-8/h3,5H,2,4,10H2,1H3. The van der Waals surface area contributed by atoms with Gasteiger partial charge in [0.2, 0.25) is 0 Å². The van der Waals surface area contributed by atoms with Gasteiger partial charge in [-0.05, 0) is 17.4 Å². The van der Waals surface area contributed by atoms with Crippen molar-refractivity contribution in [2.75, 3.05) is 5.75 Å². The molecule has 0 saturated carbocycles. The lowest BCUT2D eigenvalue weighted by atomic mass is 10.3. The smallest absolute Gasteiger partial charge is 0.115 e. The van der Waals surface area contributed by atoms with Crippen LogP contribution in [0.5, 0.6) is 0 Å². The average molecular weight is 203 g/mol. The Morgan fingerprint density at radius 3 is 2.92 bits per heavy atom. The molecular formula is C8H11ClN2S. The van der Waals surface area contributed by atoms with E-state index in [1.165, 1.54) is 0 Å². The van der Waals surface area contributed by atoms with Gasteiger partial charge in [-0.25, -0.2) is 4.98 Å². The second-order valence-corrected chi connectivity index (χ2v) is 3.93. The summed E-state index contributed by atoms with van der Waals surface area (Å²) in [4.78, 5) is 4.19. The van der Waals surface area contributed by atoms with Crippen molar-refractivity contribution in [1.82, 2.24) is 4.98 Å². The number of rotatable bonds is 3. The van der Waals surface area contributed by atoms with Crippen molar-refractivity contribution in [3.8, 4) is 0 Å². The van der Waals surface area contributed by atoms with Gasteiger partial charge in [0, 0.05) is 12.7 Å². The quantitative estimate of drug-likeness (QED) is 0.765. The Balaban J connectivity index is 2.87. The topological polar surface area (TPSA) is 38.9 Å². The maximum Gasteiger partial charge on any atom is 0.115 e. The molecule has 2 nitrogen and oxygen atoms in total. The molecule has 1 rings (SSSR count). The van der Waals surface area contributed by atoms with Gasteiger partial charge in [0.15, 0.2) is 0 Å². The fourth-order valence-electron chi connectivity index (χ4n) is 0.820. The molecule has 0 radical (unpaired) electrons. The number of nitrogens with zero attached hydrogens (tertiary/aromatic N) is 1. The maximum absolute atomic E-state index is 5.95. The van der Waals surface area contributed by atoms with Crippen LogP contribution in [0.3, 0.4) is 0 Å². The molecule has 0 saturated heterocycles. The third-order valence-electron chi connectivity index (χ3n) is 1.38. The first-order valence-corrected chi connectivity index (χ1v) is 5.11. The number of hydrogen-bond donors (Lipinski definition) is 1. The van der Waals surface area contributed by atoms with Gasteiger partial charge in [-0.2, -0.15) is 0 Å². The molecule has 0 aliphatic heterocycles. The normalized spacial score (nSPS) is 10.2. The molecule has 12 heavy (non-hydrogen) atoms. The summed E-state index contributed by atoms with van der Waals surface area (Å²) < 4.78 is 0. The van der Waals surface area contributed by atoms with E-state index in [2.05, 4.69) is 11.9 Å². The second kappa shape index (κ2) is 4.70. The molecule has 66 valence electrons. The van der Waals surface area contributed by atoms with E-state index < -0.39 is 0 Å². The number of aromatic nitrogens is 1. The van der Waals surface area contributed by atoms with Crippen molar-refractivity contribution >= 4 is 23.4 Å². The van der Waals surface area contributed by atoms with E-state index in [-0.39, 0.29) is 0 Å². The third kappa shape index (κ3) is 2.37. The zero-order valence-corrected chi connectivity index (χ0v) is 8.45. The molecule has 0 unspecified atom stereocenters. The summed E-state index contributed by atoms with van der Waals surface area (Å²) in [5, 5.41) is 1.58. The van der Waals surface area contributed by atoms with Gasteiger partial charge in [-0.3, -0.25) is 0 Å². The van der Waals surface area contributed by atoms with Crippen LogP contribution in [0.25, 0.3) is 0 Å². The first kappa shape index (κ1) is 9.84. The van der Waals surface area contributed by atoms with Crippen molar-refractivity contribution < 1.29 is 0 Å². The fraction of sp³-hybridized carbons (Fsp3) is 0.375. The van der Waals surface area contributed by atoms with Crippen LogP contribution >= 0.6 is 23.4 Å². The minimum absolute atomic E-state index is 0.490. The number of hydrogen-bond acceptors (Lipinski definition) is 3. The number of thioether (sulfide) groups is 1. The Morgan fingerprint density at radius 1 is 1.67 bits per heavy atom. The minimum atomic E-state index is 0.490. The zero-order chi connectivity index (χ0) is 8.97. The van der Waals surface area contributed by atoms with Gasteiger partial charge in [-0.1, -0.05) is 18.5 Å². The van der Waals surface area contributed by atoms with Crippen LogP contribution in [0.1, 0.15) is 12.5 Å². The summed E-state index contributed by atoms with van der Waals surface area (Å²) in [6.07, 6.45) is 1.77. The predicted molar refractivity (Wildman–Crippen MR) is 53.5 cm³/mol. The monoisotopic (exact) mass is 202 g/mol. The van der Waals surface area contributed by atoms with E-state index in [0.29, 0.717) is 11.6 Å². The molecule has 0 spiro atoms. The summed E-state index contributed by atoms with van der Waals surface area (Å²) in [6, 6.07) is 1.87. The highest BCUT2D eigenvalue weighted by atomic mass is 35.5. The molecule has 1 aromatic rings. The highest BCUT2D eigenvalue weighted by Crippen LogP contribution is 2.24. The van der Waals surface area contributed by atoms with Crippen molar-refractivity contribution in [2.45, 2.75) is 18.5 Å². The summed E-state index contributed by atoms with van der Waals surface area (Å²) in [7, 11) is 0. The molecule has 4 heteroatoms. The van der Waals surface area contributed by atoms with Crippen LogP contribution < -0.4 is 5.73 Å². The molecule has 2 N–H and O–H groups in total. The van der Waals surface area contributed by atoms with Crippen LogP contribution in [0.2, 0.25) is 5.02 Å².